The molecule has 1 aliphatic heterocycles. The normalized spacial score (nSPS) is 19.5. The molecule has 6 heteroatoms. The molecule has 1 fully saturated rings. The largest absolute Gasteiger partial charge is 0.480 e. The van der Waals surface area contributed by atoms with Gasteiger partial charge in [0.2, 0.25) is 0 Å². The molecule has 1 amide bonds. The van der Waals surface area contributed by atoms with Crippen LogP contribution in [-0.4, -0.2) is 29.1 Å². The molecule has 6 nitrogen and oxygen atoms in total. The Morgan fingerprint density at radius 3 is 2.30 bits per heavy atom. The molecule has 0 unspecified atom stereocenters. The zero-order valence-electron chi connectivity index (χ0n) is 19.4. The second kappa shape index (κ2) is 7.73. The summed E-state index contributed by atoms with van der Waals surface area (Å²) in [4.78, 5) is 24.9. The first kappa shape index (κ1) is 22.3. The molecule has 1 saturated heterocycles. The summed E-state index contributed by atoms with van der Waals surface area (Å²) in [5.41, 5.74) is 2.56. The fourth-order valence-corrected chi connectivity index (χ4v) is 4.93. The van der Waals surface area contributed by atoms with Crippen LogP contribution in [0.1, 0.15) is 64.2 Å². The Morgan fingerprint density at radius 2 is 1.70 bits per heavy atom. The summed E-state index contributed by atoms with van der Waals surface area (Å²) < 4.78 is 11.5. The Labute approximate surface area is 178 Å². The highest BCUT2D eigenvalue weighted by Crippen LogP contribution is 2.30. The lowest BCUT2D eigenvalue weighted by molar-refractivity contribution is -0.787. The number of ether oxygens (including phenoxy) is 1. The van der Waals surface area contributed by atoms with Gasteiger partial charge < -0.3 is 19.8 Å². The Bertz CT molecular complexity index is 1020. The summed E-state index contributed by atoms with van der Waals surface area (Å²) in [5.74, 6) is 0.420. The molecular formula is C24H35N2O4+. The van der Waals surface area contributed by atoms with E-state index in [1.165, 1.54) is 0 Å². The van der Waals surface area contributed by atoms with Gasteiger partial charge in [0.25, 0.3) is 5.91 Å². The highest BCUT2D eigenvalue weighted by Gasteiger charge is 2.42. The van der Waals surface area contributed by atoms with Gasteiger partial charge in [-0.2, -0.15) is 0 Å². The Morgan fingerprint density at radius 1 is 1.10 bits per heavy atom. The van der Waals surface area contributed by atoms with Crippen molar-refractivity contribution < 1.29 is 19.3 Å². The van der Waals surface area contributed by atoms with Gasteiger partial charge in [0.05, 0.1) is 11.1 Å². The molecule has 1 aromatic carbocycles. The molecule has 30 heavy (non-hydrogen) atoms. The van der Waals surface area contributed by atoms with E-state index in [1.807, 2.05) is 26.0 Å². The lowest BCUT2D eigenvalue weighted by Gasteiger charge is -2.43. The Balaban J connectivity index is 1.77. The van der Waals surface area contributed by atoms with Gasteiger partial charge in [0, 0.05) is 35.4 Å². The maximum Gasteiger partial charge on any atom is 0.339 e. The molecule has 2 heterocycles. The van der Waals surface area contributed by atoms with Crippen molar-refractivity contribution in [3.05, 3.63) is 39.2 Å². The minimum absolute atomic E-state index is 0.0757. The van der Waals surface area contributed by atoms with E-state index in [0.717, 1.165) is 29.4 Å². The van der Waals surface area contributed by atoms with Crippen LogP contribution in [0.25, 0.3) is 11.0 Å². The third-order valence-electron chi connectivity index (χ3n) is 6.17. The number of carbonyl (C=O) groups is 1. The second-order valence-corrected chi connectivity index (χ2v) is 10.2. The number of nitrogens with two attached hydrogens (primary N) is 1. The fraction of sp³-hybridized carbons (Fsp3) is 0.583. The first-order chi connectivity index (χ1) is 13.8. The van der Waals surface area contributed by atoms with E-state index in [4.69, 9.17) is 9.15 Å². The molecule has 3 rings (SSSR count). The number of piperidine rings is 1. The Kier molecular flexibility index (Phi) is 5.76. The zero-order chi connectivity index (χ0) is 22.4. The van der Waals surface area contributed by atoms with Crippen molar-refractivity contribution in [2.24, 2.45) is 0 Å². The number of nitrogens with one attached hydrogen (secondary N) is 1. The van der Waals surface area contributed by atoms with Crippen LogP contribution in [0.5, 0.6) is 5.75 Å². The number of hydrogen-bond acceptors (Lipinski definition) is 4. The summed E-state index contributed by atoms with van der Waals surface area (Å²) in [6.07, 6.45) is 1.16. The lowest BCUT2D eigenvalue weighted by atomic mass is 9.79. The highest BCUT2D eigenvalue weighted by atomic mass is 16.5. The van der Waals surface area contributed by atoms with E-state index in [-0.39, 0.29) is 28.7 Å². The van der Waals surface area contributed by atoms with Gasteiger partial charge in [0.15, 0.2) is 6.10 Å². The van der Waals surface area contributed by atoms with E-state index in [1.54, 1.807) is 13.8 Å². The van der Waals surface area contributed by atoms with Crippen molar-refractivity contribution in [1.82, 2.24) is 5.32 Å². The van der Waals surface area contributed by atoms with Gasteiger partial charge in [-0.15, -0.1) is 0 Å². The van der Waals surface area contributed by atoms with Crippen molar-refractivity contribution in [3.8, 4) is 5.75 Å². The summed E-state index contributed by atoms with van der Waals surface area (Å²) in [7, 11) is 0. The van der Waals surface area contributed by atoms with Crippen LogP contribution in [0.3, 0.4) is 0 Å². The molecule has 0 saturated carbocycles. The number of hydrogen-bond donors (Lipinski definition) is 2. The lowest BCUT2D eigenvalue weighted by Crippen LogP contribution is -3.06. The minimum Gasteiger partial charge on any atom is -0.480 e. The van der Waals surface area contributed by atoms with Gasteiger partial charge in [-0.25, -0.2) is 4.79 Å². The molecule has 0 aliphatic carbocycles. The van der Waals surface area contributed by atoms with E-state index < -0.39 is 6.10 Å². The zero-order valence-corrected chi connectivity index (χ0v) is 19.4. The summed E-state index contributed by atoms with van der Waals surface area (Å²) in [6, 6.07) is 3.84. The quantitative estimate of drug-likeness (QED) is 0.752. The number of fused-ring (bicyclic) bond motifs is 1. The molecule has 3 N–H and O–H groups in total. The average Bonchev–Trinajstić information content (AvgIpc) is 2.59. The van der Waals surface area contributed by atoms with Crippen LogP contribution in [0, 0.1) is 20.8 Å². The van der Waals surface area contributed by atoms with Crippen LogP contribution in [0.4, 0.5) is 0 Å². The number of rotatable bonds is 4. The minimum atomic E-state index is -0.656. The van der Waals surface area contributed by atoms with E-state index in [0.29, 0.717) is 16.9 Å². The van der Waals surface area contributed by atoms with Crippen LogP contribution < -0.4 is 21.0 Å². The molecule has 2 aromatic rings. The van der Waals surface area contributed by atoms with Gasteiger partial charge >= 0.3 is 5.63 Å². The van der Waals surface area contributed by atoms with Crippen molar-refractivity contribution >= 4 is 16.9 Å². The van der Waals surface area contributed by atoms with Crippen molar-refractivity contribution in [1.29, 1.82) is 0 Å². The first-order valence-electron chi connectivity index (χ1n) is 10.7. The van der Waals surface area contributed by atoms with Crippen molar-refractivity contribution in [2.45, 2.75) is 91.5 Å². The second-order valence-electron chi connectivity index (χ2n) is 10.2. The number of benzene rings is 1. The third-order valence-corrected chi connectivity index (χ3v) is 6.17. The van der Waals surface area contributed by atoms with E-state index in [2.05, 4.69) is 38.3 Å². The molecule has 1 atom stereocenters. The van der Waals surface area contributed by atoms with Gasteiger partial charge in [-0.3, -0.25) is 4.79 Å². The SMILES string of the molecule is Cc1c(C)c2ccc(O[C@@H](C)C(=O)NC3CC(C)(C)[NH2+]C(C)(C)C3)c(C)c2oc1=O. The van der Waals surface area contributed by atoms with Crippen molar-refractivity contribution in [2.75, 3.05) is 0 Å². The molecular weight excluding hydrogens is 380 g/mol. The smallest absolute Gasteiger partial charge is 0.339 e. The number of quaternary nitrogens is 1. The fourth-order valence-electron chi connectivity index (χ4n) is 4.93. The van der Waals surface area contributed by atoms with Crippen LogP contribution in [0.2, 0.25) is 0 Å². The highest BCUT2D eigenvalue weighted by molar-refractivity contribution is 5.86. The molecule has 1 aromatic heterocycles. The first-order valence-corrected chi connectivity index (χ1v) is 10.7. The number of carbonyl (C=O) groups excluding carboxylic acids is 1. The number of aryl methyl sites for hydroxylation is 2. The molecule has 164 valence electrons. The average molecular weight is 416 g/mol. The van der Waals surface area contributed by atoms with E-state index in [9.17, 15) is 9.59 Å². The standard InChI is InChI=1S/C24H34N2O4/c1-13-14(2)22(28)30-20-15(3)19(10-9-18(13)20)29-16(4)21(27)25-17-11-23(5,6)26-24(7,8)12-17/h9-10,16-17,26H,11-12H2,1-8H3,(H,25,27)/p+1/t16-/m0/s1. The van der Waals surface area contributed by atoms with Crippen molar-refractivity contribution in [3.63, 3.8) is 0 Å². The van der Waals surface area contributed by atoms with E-state index >= 15 is 0 Å². The van der Waals surface area contributed by atoms with Crippen LogP contribution in [-0.2, 0) is 4.79 Å². The van der Waals surface area contributed by atoms with Gasteiger partial charge in [-0.1, -0.05) is 0 Å². The summed E-state index contributed by atoms with van der Waals surface area (Å²) >= 11 is 0. The molecule has 1 aliphatic rings. The van der Waals surface area contributed by atoms with Crippen LogP contribution >= 0.6 is 0 Å². The van der Waals surface area contributed by atoms with Gasteiger partial charge in [0.1, 0.15) is 11.3 Å². The Hall–Kier alpha value is -2.34. The number of amides is 1. The summed E-state index contributed by atoms with van der Waals surface area (Å²) in [6.45, 7) is 16.1. The third kappa shape index (κ3) is 4.53. The topological polar surface area (TPSA) is 85.2 Å². The molecule has 0 spiro atoms. The monoisotopic (exact) mass is 415 g/mol. The predicted molar refractivity (Wildman–Crippen MR) is 118 cm³/mol. The molecule has 0 bridgehead atoms. The van der Waals surface area contributed by atoms with Gasteiger partial charge in [-0.05, 0) is 73.1 Å². The molecule has 0 radical (unpaired) electrons. The predicted octanol–water partition coefficient (Wildman–Crippen LogP) is 2.88. The van der Waals surface area contributed by atoms with Crippen LogP contribution in [0.15, 0.2) is 21.3 Å². The maximum atomic E-state index is 12.8. The maximum absolute atomic E-state index is 12.8. The summed E-state index contributed by atoms with van der Waals surface area (Å²) in [5, 5.41) is 6.45.